The summed E-state index contributed by atoms with van der Waals surface area (Å²) in [7, 11) is 0. The van der Waals surface area contributed by atoms with Gasteiger partial charge in [-0.2, -0.15) is 0 Å². The van der Waals surface area contributed by atoms with Crippen LogP contribution in [0.3, 0.4) is 0 Å². The van der Waals surface area contributed by atoms with Crippen molar-refractivity contribution in [2.24, 2.45) is 5.41 Å². The summed E-state index contributed by atoms with van der Waals surface area (Å²) >= 11 is 0. The molecule has 3 rings (SSSR count). The predicted octanol–water partition coefficient (Wildman–Crippen LogP) is 1.92. The van der Waals surface area contributed by atoms with Crippen molar-refractivity contribution >= 4 is 18.0 Å². The van der Waals surface area contributed by atoms with Crippen LogP contribution in [0.15, 0.2) is 24.3 Å². The molecular weight excluding hydrogens is 288 g/mol. The van der Waals surface area contributed by atoms with Crippen LogP contribution in [0.1, 0.15) is 19.4 Å². The van der Waals surface area contributed by atoms with Gasteiger partial charge in [0.05, 0.1) is 0 Å². The maximum absolute atomic E-state index is 11.9. The van der Waals surface area contributed by atoms with Crippen LogP contribution in [-0.4, -0.2) is 31.4 Å². The van der Waals surface area contributed by atoms with Gasteiger partial charge in [0.1, 0.15) is 6.61 Å². The average molecular weight is 304 g/mol. The molecule has 0 aromatic heterocycles. The number of fused-ring (bicyclic) bond motifs is 1. The summed E-state index contributed by atoms with van der Waals surface area (Å²) in [5.41, 5.74) is 0.258. The molecule has 1 aromatic rings. The van der Waals surface area contributed by atoms with Crippen molar-refractivity contribution in [1.82, 2.24) is 0 Å². The van der Waals surface area contributed by atoms with E-state index in [1.165, 1.54) is 6.08 Å². The van der Waals surface area contributed by atoms with Gasteiger partial charge >= 0.3 is 11.9 Å². The summed E-state index contributed by atoms with van der Waals surface area (Å²) in [5, 5.41) is 0. The highest BCUT2D eigenvalue weighted by Gasteiger charge is 2.46. The molecule has 1 fully saturated rings. The van der Waals surface area contributed by atoms with Crippen molar-refractivity contribution in [1.29, 1.82) is 0 Å². The predicted molar refractivity (Wildman–Crippen MR) is 76.2 cm³/mol. The molecule has 1 aromatic carbocycles. The van der Waals surface area contributed by atoms with Crippen LogP contribution >= 0.6 is 0 Å². The molecule has 6 heteroatoms. The third-order valence-corrected chi connectivity index (χ3v) is 3.55. The minimum atomic E-state index is -0.874. The topological polar surface area (TPSA) is 71.1 Å². The van der Waals surface area contributed by atoms with E-state index in [9.17, 15) is 9.59 Å². The van der Waals surface area contributed by atoms with Gasteiger partial charge in [-0.25, -0.2) is 9.59 Å². The molecule has 6 nitrogen and oxygen atoms in total. The number of esters is 2. The minimum Gasteiger partial charge on any atom is -0.462 e. The Labute approximate surface area is 127 Å². The molecule has 22 heavy (non-hydrogen) atoms. The smallest absolute Gasteiger partial charge is 0.348 e. The van der Waals surface area contributed by atoms with Gasteiger partial charge in [-0.05, 0) is 23.8 Å². The lowest BCUT2D eigenvalue weighted by Gasteiger charge is -2.20. The number of rotatable bonds is 3. The first-order chi connectivity index (χ1) is 10.5. The molecule has 0 saturated carbocycles. The molecule has 1 atom stereocenters. The Balaban J connectivity index is 1.65. The number of cyclic esters (lactones) is 1. The van der Waals surface area contributed by atoms with Crippen LogP contribution in [-0.2, 0) is 19.1 Å². The summed E-state index contributed by atoms with van der Waals surface area (Å²) in [4.78, 5) is 23.4. The Bertz CT molecular complexity index is 646. The lowest BCUT2D eigenvalue weighted by molar-refractivity contribution is -0.159. The van der Waals surface area contributed by atoms with Crippen molar-refractivity contribution in [3.63, 3.8) is 0 Å². The van der Waals surface area contributed by atoms with Gasteiger partial charge in [0.2, 0.25) is 12.9 Å². The Morgan fingerprint density at radius 1 is 1.27 bits per heavy atom. The quantitative estimate of drug-likeness (QED) is 0.627. The van der Waals surface area contributed by atoms with Crippen molar-refractivity contribution in [3.05, 3.63) is 29.8 Å². The first-order valence-electron chi connectivity index (χ1n) is 6.91. The first kappa shape index (κ1) is 14.4. The average Bonchev–Trinajstić information content (AvgIpc) is 3.04. The second-order valence-corrected chi connectivity index (χ2v) is 5.86. The Kier molecular flexibility index (Phi) is 3.52. The fourth-order valence-corrected chi connectivity index (χ4v) is 2.27. The third-order valence-electron chi connectivity index (χ3n) is 3.55. The van der Waals surface area contributed by atoms with Crippen LogP contribution in [0.4, 0.5) is 0 Å². The van der Waals surface area contributed by atoms with Gasteiger partial charge in [-0.3, -0.25) is 0 Å². The number of ether oxygens (including phenoxy) is 4. The molecular formula is C16H16O6. The SMILES string of the molecule is CC1(C)COC(=O)[C@@H]1OC(=O)/C=C\c1ccc2c(c1)OCO2. The van der Waals surface area contributed by atoms with E-state index in [1.54, 1.807) is 24.3 Å². The van der Waals surface area contributed by atoms with Crippen LogP contribution in [0, 0.1) is 5.41 Å². The second-order valence-electron chi connectivity index (χ2n) is 5.86. The maximum atomic E-state index is 11.9. The molecule has 0 N–H and O–H groups in total. The van der Waals surface area contributed by atoms with Crippen LogP contribution in [0.5, 0.6) is 11.5 Å². The van der Waals surface area contributed by atoms with Crippen LogP contribution in [0.2, 0.25) is 0 Å². The molecule has 2 aliphatic rings. The number of hydrogen-bond donors (Lipinski definition) is 0. The largest absolute Gasteiger partial charge is 0.462 e. The van der Waals surface area contributed by atoms with Crippen LogP contribution in [0.25, 0.3) is 6.08 Å². The zero-order valence-electron chi connectivity index (χ0n) is 12.3. The second kappa shape index (κ2) is 5.36. The Morgan fingerprint density at radius 2 is 2.05 bits per heavy atom. The molecule has 0 aliphatic carbocycles. The lowest BCUT2D eigenvalue weighted by atomic mass is 9.90. The highest BCUT2D eigenvalue weighted by molar-refractivity contribution is 5.90. The molecule has 0 unspecified atom stereocenters. The van der Waals surface area contributed by atoms with E-state index in [2.05, 4.69) is 0 Å². The summed E-state index contributed by atoms with van der Waals surface area (Å²) in [6.07, 6.45) is 2.00. The van der Waals surface area contributed by atoms with Gasteiger partial charge in [0.15, 0.2) is 11.5 Å². The van der Waals surface area contributed by atoms with Crippen molar-refractivity contribution in [2.45, 2.75) is 20.0 Å². The third kappa shape index (κ3) is 2.77. The molecule has 0 spiro atoms. The van der Waals surface area contributed by atoms with E-state index in [1.807, 2.05) is 13.8 Å². The van der Waals surface area contributed by atoms with Gasteiger partial charge in [0.25, 0.3) is 0 Å². The van der Waals surface area contributed by atoms with E-state index < -0.39 is 23.5 Å². The Hall–Kier alpha value is -2.50. The molecule has 2 aliphatic heterocycles. The van der Waals surface area contributed by atoms with E-state index in [0.29, 0.717) is 11.5 Å². The molecule has 1 saturated heterocycles. The standard InChI is InChI=1S/C16H16O6/c1-16(2)8-19-15(18)14(16)22-13(17)6-4-10-3-5-11-12(7-10)21-9-20-11/h3-7,14H,8-9H2,1-2H3/b6-4-/t14-/m0/s1. The van der Waals surface area contributed by atoms with E-state index in [4.69, 9.17) is 18.9 Å². The molecule has 0 bridgehead atoms. The zero-order valence-corrected chi connectivity index (χ0v) is 12.3. The highest BCUT2D eigenvalue weighted by atomic mass is 16.7. The summed E-state index contributed by atoms with van der Waals surface area (Å²) in [6.45, 7) is 4.08. The number of benzene rings is 1. The van der Waals surface area contributed by atoms with E-state index >= 15 is 0 Å². The van der Waals surface area contributed by atoms with Gasteiger partial charge in [-0.1, -0.05) is 19.9 Å². The van der Waals surface area contributed by atoms with Crippen LogP contribution < -0.4 is 9.47 Å². The Morgan fingerprint density at radius 3 is 2.77 bits per heavy atom. The molecule has 0 amide bonds. The number of carbonyl (C=O) groups excluding carboxylic acids is 2. The fourth-order valence-electron chi connectivity index (χ4n) is 2.27. The van der Waals surface area contributed by atoms with E-state index in [0.717, 1.165) is 5.56 Å². The van der Waals surface area contributed by atoms with E-state index in [-0.39, 0.29) is 13.4 Å². The molecule has 2 heterocycles. The van der Waals surface area contributed by atoms with Crippen molar-refractivity contribution < 1.29 is 28.5 Å². The van der Waals surface area contributed by atoms with Gasteiger partial charge in [-0.15, -0.1) is 0 Å². The van der Waals surface area contributed by atoms with Crippen molar-refractivity contribution in [2.75, 3.05) is 13.4 Å². The highest BCUT2D eigenvalue weighted by Crippen LogP contribution is 2.33. The zero-order chi connectivity index (χ0) is 15.7. The number of hydrogen-bond acceptors (Lipinski definition) is 6. The summed E-state index contributed by atoms with van der Waals surface area (Å²) in [6, 6.07) is 5.33. The summed E-state index contributed by atoms with van der Waals surface area (Å²) < 4.78 is 20.6. The number of carbonyl (C=O) groups is 2. The van der Waals surface area contributed by atoms with Gasteiger partial charge in [0, 0.05) is 11.5 Å². The monoisotopic (exact) mass is 304 g/mol. The maximum Gasteiger partial charge on any atom is 0.348 e. The normalized spacial score (nSPS) is 21.9. The fraction of sp³-hybridized carbons (Fsp3) is 0.375. The lowest BCUT2D eigenvalue weighted by Crippen LogP contribution is -2.34. The summed E-state index contributed by atoms with van der Waals surface area (Å²) in [5.74, 6) is 0.218. The van der Waals surface area contributed by atoms with Gasteiger partial charge < -0.3 is 18.9 Å². The molecule has 116 valence electrons. The molecule has 0 radical (unpaired) electrons. The van der Waals surface area contributed by atoms with Crippen molar-refractivity contribution in [3.8, 4) is 11.5 Å². The first-order valence-corrected chi connectivity index (χ1v) is 6.91. The minimum absolute atomic E-state index is 0.198.